The van der Waals surface area contributed by atoms with Crippen LogP contribution in [0.25, 0.3) is 0 Å². The first-order valence-electron chi connectivity index (χ1n) is 7.94. The molecule has 2 bridgehead atoms. The second kappa shape index (κ2) is 6.17. The lowest BCUT2D eigenvalue weighted by atomic mass is 10.0. The molecule has 12 nitrogen and oxygen atoms in total. The van der Waals surface area contributed by atoms with E-state index in [1.54, 1.807) is 0 Å². The lowest BCUT2D eigenvalue weighted by Crippen LogP contribution is -2.55. The molecule has 3 saturated heterocycles. The zero-order chi connectivity index (χ0) is 17.6. The van der Waals surface area contributed by atoms with Gasteiger partial charge in [0.2, 0.25) is 11.8 Å². The molecule has 0 aliphatic carbocycles. The normalized spacial score (nSPS) is 27.0. The highest BCUT2D eigenvalue weighted by Gasteiger charge is 2.49. The largest absolute Gasteiger partial charge is 0.422 e. The number of aromatic nitrogens is 2. The highest BCUT2D eigenvalue weighted by atomic mass is 32.3. The molecule has 3 fully saturated rings. The van der Waals surface area contributed by atoms with Gasteiger partial charge < -0.3 is 20.0 Å². The number of hydroxylamine groups is 2. The number of fused-ring (bicyclic) bond motifs is 2. The summed E-state index contributed by atoms with van der Waals surface area (Å²) in [7, 11) is -4.76. The van der Waals surface area contributed by atoms with Crippen LogP contribution in [0.3, 0.4) is 0 Å². The van der Waals surface area contributed by atoms with Gasteiger partial charge in [0.1, 0.15) is 6.04 Å². The lowest BCUT2D eigenvalue weighted by molar-refractivity contribution is -0.0317. The van der Waals surface area contributed by atoms with Crippen LogP contribution in [0.15, 0.2) is 4.42 Å². The zero-order valence-electron chi connectivity index (χ0n) is 13.2. The molecule has 0 aromatic carbocycles. The Kier molecular flexibility index (Phi) is 4.11. The Morgan fingerprint density at radius 1 is 1.36 bits per heavy atom. The number of piperidine rings is 1. The van der Waals surface area contributed by atoms with E-state index < -0.39 is 28.5 Å². The van der Waals surface area contributed by atoms with E-state index in [0.717, 1.165) is 13.1 Å². The number of nitrogens with one attached hydrogen (secondary N) is 2. The Morgan fingerprint density at radius 2 is 2.16 bits per heavy atom. The summed E-state index contributed by atoms with van der Waals surface area (Å²) in [6.07, 6.45) is 1.02. The third-order valence-electron chi connectivity index (χ3n) is 4.59. The van der Waals surface area contributed by atoms with Crippen LogP contribution in [-0.2, 0) is 21.2 Å². The van der Waals surface area contributed by atoms with Crippen molar-refractivity contribution < 1.29 is 26.5 Å². The Hall–Kier alpha value is -1.80. The summed E-state index contributed by atoms with van der Waals surface area (Å²) in [5.41, 5.74) is 0. The van der Waals surface area contributed by atoms with E-state index in [2.05, 4.69) is 25.1 Å². The first-order chi connectivity index (χ1) is 11.9. The highest BCUT2D eigenvalue weighted by molar-refractivity contribution is 7.80. The molecule has 4 heterocycles. The maximum atomic E-state index is 12.4. The van der Waals surface area contributed by atoms with Gasteiger partial charge in [-0.2, -0.15) is 13.5 Å². The van der Waals surface area contributed by atoms with E-state index in [4.69, 9.17) is 8.97 Å². The average molecular weight is 374 g/mol. The van der Waals surface area contributed by atoms with E-state index in [1.165, 1.54) is 4.90 Å². The summed E-state index contributed by atoms with van der Waals surface area (Å²) in [5.74, 6) is 0.741. The predicted molar refractivity (Wildman–Crippen MR) is 80.1 cm³/mol. The van der Waals surface area contributed by atoms with Crippen LogP contribution in [0.1, 0.15) is 30.7 Å². The van der Waals surface area contributed by atoms with Crippen molar-refractivity contribution in [3.05, 3.63) is 11.8 Å². The van der Waals surface area contributed by atoms with Crippen LogP contribution in [0.2, 0.25) is 0 Å². The van der Waals surface area contributed by atoms with Gasteiger partial charge in [0, 0.05) is 25.7 Å². The summed E-state index contributed by atoms with van der Waals surface area (Å²) in [6, 6.07) is -1.15. The highest BCUT2D eigenvalue weighted by Crippen LogP contribution is 2.38. The van der Waals surface area contributed by atoms with Crippen molar-refractivity contribution in [2.45, 2.75) is 37.5 Å². The van der Waals surface area contributed by atoms with Gasteiger partial charge in [-0.3, -0.25) is 4.55 Å². The third-order valence-corrected chi connectivity index (χ3v) is 4.94. The molecule has 25 heavy (non-hydrogen) atoms. The van der Waals surface area contributed by atoms with Crippen LogP contribution >= 0.6 is 0 Å². The van der Waals surface area contributed by atoms with Crippen molar-refractivity contribution in [3.8, 4) is 0 Å². The number of rotatable bonds is 6. The number of nitrogens with zero attached hydrogens (tertiary/aromatic N) is 4. The van der Waals surface area contributed by atoms with Gasteiger partial charge in [-0.05, 0) is 12.8 Å². The minimum absolute atomic E-state index is 0.267. The first-order valence-corrected chi connectivity index (χ1v) is 9.30. The summed E-state index contributed by atoms with van der Waals surface area (Å²) >= 11 is 0. The summed E-state index contributed by atoms with van der Waals surface area (Å²) in [5, 5.41) is 15.1. The molecular weight excluding hydrogens is 356 g/mol. The summed E-state index contributed by atoms with van der Waals surface area (Å²) < 4.78 is 40.7. The van der Waals surface area contributed by atoms with E-state index in [0.29, 0.717) is 42.3 Å². The summed E-state index contributed by atoms with van der Waals surface area (Å²) in [4.78, 5) is 13.8. The molecule has 0 spiro atoms. The minimum Gasteiger partial charge on any atom is -0.422 e. The molecule has 0 radical (unpaired) electrons. The first kappa shape index (κ1) is 16.7. The van der Waals surface area contributed by atoms with Gasteiger partial charge in [-0.15, -0.1) is 14.5 Å². The maximum Gasteiger partial charge on any atom is 0.418 e. The van der Waals surface area contributed by atoms with Gasteiger partial charge in [-0.1, -0.05) is 0 Å². The van der Waals surface area contributed by atoms with Crippen LogP contribution in [0.4, 0.5) is 4.79 Å². The number of hydrogen-bond donors (Lipinski definition) is 3. The average Bonchev–Trinajstić information content (AvgIpc) is 3.05. The van der Waals surface area contributed by atoms with Crippen molar-refractivity contribution in [3.63, 3.8) is 0 Å². The lowest BCUT2D eigenvalue weighted by Gasteiger charge is -2.28. The van der Waals surface area contributed by atoms with Crippen molar-refractivity contribution in [2.24, 2.45) is 0 Å². The van der Waals surface area contributed by atoms with Crippen LogP contribution < -0.4 is 10.6 Å². The molecule has 0 saturated carbocycles. The molecule has 138 valence electrons. The third kappa shape index (κ3) is 3.32. The van der Waals surface area contributed by atoms with Gasteiger partial charge in [-0.25, -0.2) is 4.79 Å². The molecular formula is C12H18N6O6S. The van der Waals surface area contributed by atoms with Crippen LogP contribution in [0.5, 0.6) is 0 Å². The quantitative estimate of drug-likeness (QED) is 0.518. The van der Waals surface area contributed by atoms with Gasteiger partial charge in [0.15, 0.2) is 0 Å². The van der Waals surface area contributed by atoms with Crippen LogP contribution in [0, 0.1) is 0 Å². The van der Waals surface area contributed by atoms with Gasteiger partial charge >= 0.3 is 16.4 Å². The smallest absolute Gasteiger partial charge is 0.418 e. The monoisotopic (exact) mass is 374 g/mol. The topological polar surface area (TPSA) is 150 Å². The number of carbonyl (C=O) groups is 1. The van der Waals surface area contributed by atoms with Crippen molar-refractivity contribution >= 4 is 16.4 Å². The van der Waals surface area contributed by atoms with Crippen molar-refractivity contribution in [1.29, 1.82) is 0 Å². The fourth-order valence-electron chi connectivity index (χ4n) is 3.23. The summed E-state index contributed by atoms with van der Waals surface area (Å²) in [6.45, 7) is 2.51. The van der Waals surface area contributed by atoms with E-state index in [-0.39, 0.29) is 6.54 Å². The minimum atomic E-state index is -4.76. The van der Waals surface area contributed by atoms with E-state index >= 15 is 0 Å². The van der Waals surface area contributed by atoms with Crippen molar-refractivity contribution in [1.82, 2.24) is 30.8 Å². The Balaban J connectivity index is 1.43. The Morgan fingerprint density at radius 3 is 2.84 bits per heavy atom. The standard InChI is InChI=1S/C12H18N6O6S/c19-12-17-6-8(18(12)24-25(20,21)22)1-2-9(17)11-16-15-10(23-11)5-14-7-3-13-4-7/h7-9,13-14H,1-6H2,(H,20,21,22)/t8-,9-/m0/s1. The number of carbonyl (C=O) groups excluding carboxylic acids is 1. The molecule has 3 aliphatic heterocycles. The maximum absolute atomic E-state index is 12.4. The molecule has 2 atom stereocenters. The van der Waals surface area contributed by atoms with Gasteiger partial charge in [0.25, 0.3) is 0 Å². The van der Waals surface area contributed by atoms with E-state index in [1.807, 2.05) is 0 Å². The SMILES string of the molecule is O=C1N2C[C@H](CC[C@H]2c2nnc(CNC3CNC3)o2)N1OS(=O)(=O)O. The zero-order valence-corrected chi connectivity index (χ0v) is 14.0. The molecule has 3 N–H and O–H groups in total. The van der Waals surface area contributed by atoms with Gasteiger partial charge in [0.05, 0.1) is 12.6 Å². The fourth-order valence-corrected chi connectivity index (χ4v) is 3.61. The molecule has 1 aromatic rings. The van der Waals surface area contributed by atoms with E-state index in [9.17, 15) is 13.2 Å². The molecule has 2 amide bonds. The Bertz CT molecular complexity index is 764. The molecule has 4 rings (SSSR count). The second-order valence-corrected chi connectivity index (χ2v) is 7.28. The van der Waals surface area contributed by atoms with Crippen molar-refractivity contribution in [2.75, 3.05) is 19.6 Å². The Labute approximate surface area is 143 Å². The molecule has 0 unspecified atom stereocenters. The number of hydrogen-bond acceptors (Lipinski definition) is 9. The fraction of sp³-hybridized carbons (Fsp3) is 0.750. The molecule has 1 aromatic heterocycles. The number of amides is 2. The second-order valence-electron chi connectivity index (χ2n) is 6.28. The van der Waals surface area contributed by atoms with Crippen LogP contribution in [-0.4, -0.2) is 70.9 Å². The predicted octanol–water partition coefficient (Wildman–Crippen LogP) is -1.19. The number of urea groups is 1. The molecule has 3 aliphatic rings. The molecule has 13 heteroatoms.